The number of nitrogens with one attached hydrogen (secondary N) is 1. The molecule has 0 aromatic heterocycles. The van der Waals surface area contributed by atoms with Crippen LogP contribution in [0.25, 0.3) is 11.8 Å². The average molecular weight is 476 g/mol. The van der Waals surface area contributed by atoms with E-state index in [1.54, 1.807) is 11.8 Å². The van der Waals surface area contributed by atoms with Crippen molar-refractivity contribution >= 4 is 28.7 Å². The standard InChI is InChI=1S/C31H29N3S/c1-20-4-10-23(11-5-20)16-26-17-32-18-27-29(26)33-31-34(30(27)25-14-8-22(3)9-15-25)28(19-35-31)24-12-6-21(2)7-13-24/h4-16,19,30,32H,17-18H2,1-3H3/b26-16-. The summed E-state index contributed by atoms with van der Waals surface area (Å²) in [5, 5.41) is 6.99. The number of hydrogen-bond donors (Lipinski definition) is 1. The molecular weight excluding hydrogens is 446 g/mol. The van der Waals surface area contributed by atoms with E-state index in [2.05, 4.69) is 115 Å². The summed E-state index contributed by atoms with van der Waals surface area (Å²) >= 11 is 1.73. The Balaban J connectivity index is 1.48. The molecule has 3 nitrogen and oxygen atoms in total. The Bertz CT molecular complexity index is 1390. The summed E-state index contributed by atoms with van der Waals surface area (Å²) < 4.78 is 0. The molecular formula is C31H29N3S. The van der Waals surface area contributed by atoms with E-state index >= 15 is 0 Å². The lowest BCUT2D eigenvalue weighted by Crippen LogP contribution is -2.40. The van der Waals surface area contributed by atoms with E-state index in [1.807, 2.05) is 0 Å². The number of nitrogens with zero attached hydrogens (tertiary/aromatic N) is 2. The molecule has 1 atom stereocenters. The molecule has 3 aliphatic rings. The third-order valence-electron chi connectivity index (χ3n) is 6.94. The molecule has 0 saturated heterocycles. The predicted molar refractivity (Wildman–Crippen MR) is 149 cm³/mol. The van der Waals surface area contributed by atoms with Gasteiger partial charge in [-0.25, -0.2) is 4.99 Å². The molecule has 1 N–H and O–H groups in total. The van der Waals surface area contributed by atoms with Crippen molar-refractivity contribution in [2.24, 2.45) is 4.99 Å². The highest BCUT2D eigenvalue weighted by molar-refractivity contribution is 8.16. The van der Waals surface area contributed by atoms with Crippen LogP contribution < -0.4 is 5.32 Å². The largest absolute Gasteiger partial charge is 0.309 e. The number of rotatable bonds is 3. The van der Waals surface area contributed by atoms with Gasteiger partial charge in [0, 0.05) is 18.5 Å². The van der Waals surface area contributed by atoms with Gasteiger partial charge in [0.1, 0.15) is 0 Å². The van der Waals surface area contributed by atoms with Crippen molar-refractivity contribution in [2.45, 2.75) is 26.8 Å². The summed E-state index contributed by atoms with van der Waals surface area (Å²) in [5.41, 5.74) is 12.5. The zero-order valence-electron chi connectivity index (χ0n) is 20.4. The van der Waals surface area contributed by atoms with Gasteiger partial charge in [0.05, 0.1) is 17.4 Å². The molecule has 0 radical (unpaired) electrons. The molecule has 3 aromatic carbocycles. The highest BCUT2D eigenvalue weighted by Gasteiger charge is 2.40. The monoisotopic (exact) mass is 475 g/mol. The summed E-state index contributed by atoms with van der Waals surface area (Å²) in [7, 11) is 0. The van der Waals surface area contributed by atoms with Gasteiger partial charge in [-0.15, -0.1) is 0 Å². The fourth-order valence-corrected chi connectivity index (χ4v) is 5.92. The van der Waals surface area contributed by atoms with Crippen LogP contribution in [0, 0.1) is 20.8 Å². The number of hydrogen-bond acceptors (Lipinski definition) is 4. The number of thioether (sulfide) groups is 1. The molecule has 174 valence electrons. The topological polar surface area (TPSA) is 27.6 Å². The number of aliphatic imine (C=N–C) groups is 1. The maximum atomic E-state index is 5.27. The van der Waals surface area contributed by atoms with Gasteiger partial charge < -0.3 is 10.2 Å². The van der Waals surface area contributed by atoms with Gasteiger partial charge in [-0.3, -0.25) is 0 Å². The molecule has 0 amide bonds. The van der Waals surface area contributed by atoms with Crippen molar-refractivity contribution in [3.63, 3.8) is 0 Å². The lowest BCUT2D eigenvalue weighted by molar-refractivity contribution is 0.462. The number of aryl methyl sites for hydroxylation is 3. The summed E-state index contributed by atoms with van der Waals surface area (Å²) in [6.07, 6.45) is 2.29. The first kappa shape index (κ1) is 22.1. The van der Waals surface area contributed by atoms with Gasteiger partial charge in [0.15, 0.2) is 5.17 Å². The first-order valence-corrected chi connectivity index (χ1v) is 13.0. The molecule has 4 heteroatoms. The van der Waals surface area contributed by atoms with E-state index in [9.17, 15) is 0 Å². The third-order valence-corrected chi connectivity index (χ3v) is 7.78. The van der Waals surface area contributed by atoms with Gasteiger partial charge in [-0.05, 0) is 54.7 Å². The molecule has 35 heavy (non-hydrogen) atoms. The van der Waals surface area contributed by atoms with Crippen LogP contribution in [0.5, 0.6) is 0 Å². The highest BCUT2D eigenvalue weighted by Crippen LogP contribution is 2.48. The van der Waals surface area contributed by atoms with Crippen molar-refractivity contribution < 1.29 is 0 Å². The molecule has 0 aliphatic carbocycles. The summed E-state index contributed by atoms with van der Waals surface area (Å²) in [4.78, 5) is 7.71. The Morgan fingerprint density at radius 2 is 1.46 bits per heavy atom. The van der Waals surface area contributed by atoms with Crippen LogP contribution in [0.4, 0.5) is 0 Å². The normalized spacial score (nSPS) is 20.5. The van der Waals surface area contributed by atoms with Crippen LogP contribution in [0.15, 0.2) is 100 Å². The van der Waals surface area contributed by atoms with E-state index < -0.39 is 0 Å². The summed E-state index contributed by atoms with van der Waals surface area (Å²) in [6, 6.07) is 26.7. The van der Waals surface area contributed by atoms with Crippen LogP contribution in [0.1, 0.15) is 39.4 Å². The van der Waals surface area contributed by atoms with E-state index in [1.165, 1.54) is 50.2 Å². The number of amidine groups is 1. The average Bonchev–Trinajstić information content (AvgIpc) is 3.29. The molecule has 0 bridgehead atoms. The SMILES string of the molecule is Cc1ccc(/C=C2/CNCC3=C2N=C2SC=C(c4ccc(C)cc4)N2C3c2ccc(C)cc2)cc1. The van der Waals surface area contributed by atoms with Gasteiger partial charge in [0.25, 0.3) is 0 Å². The first-order valence-electron chi connectivity index (χ1n) is 12.2. The molecule has 0 saturated carbocycles. The van der Waals surface area contributed by atoms with E-state index in [0.29, 0.717) is 0 Å². The van der Waals surface area contributed by atoms with E-state index in [-0.39, 0.29) is 6.04 Å². The van der Waals surface area contributed by atoms with Crippen molar-refractivity contribution in [3.05, 3.63) is 128 Å². The van der Waals surface area contributed by atoms with Crippen molar-refractivity contribution in [2.75, 3.05) is 13.1 Å². The third kappa shape index (κ3) is 4.18. The second-order valence-electron chi connectivity index (χ2n) is 9.62. The first-order chi connectivity index (χ1) is 17.1. The van der Waals surface area contributed by atoms with Crippen LogP contribution in [0.2, 0.25) is 0 Å². The minimum absolute atomic E-state index is 0.106. The van der Waals surface area contributed by atoms with Crippen LogP contribution in [-0.4, -0.2) is 23.2 Å². The van der Waals surface area contributed by atoms with Crippen LogP contribution in [-0.2, 0) is 0 Å². The van der Waals surface area contributed by atoms with Crippen molar-refractivity contribution in [3.8, 4) is 0 Å². The maximum absolute atomic E-state index is 5.27. The number of benzene rings is 3. The Morgan fingerprint density at radius 3 is 2.14 bits per heavy atom. The smallest absolute Gasteiger partial charge is 0.174 e. The van der Waals surface area contributed by atoms with Gasteiger partial charge in [-0.2, -0.15) is 0 Å². The molecule has 0 fully saturated rings. The fraction of sp³-hybridized carbons (Fsp3) is 0.194. The zero-order valence-corrected chi connectivity index (χ0v) is 21.2. The Hall–Kier alpha value is -3.34. The van der Waals surface area contributed by atoms with E-state index in [0.717, 1.165) is 24.0 Å². The lowest BCUT2D eigenvalue weighted by atomic mass is 9.88. The van der Waals surface area contributed by atoms with Crippen molar-refractivity contribution in [1.29, 1.82) is 0 Å². The lowest BCUT2D eigenvalue weighted by Gasteiger charge is -2.40. The van der Waals surface area contributed by atoms with E-state index in [4.69, 9.17) is 4.99 Å². The molecule has 3 aliphatic heterocycles. The fourth-order valence-electron chi connectivity index (χ4n) is 5.00. The predicted octanol–water partition coefficient (Wildman–Crippen LogP) is 7.01. The summed E-state index contributed by atoms with van der Waals surface area (Å²) in [5.74, 6) is 0. The molecule has 3 aromatic rings. The summed E-state index contributed by atoms with van der Waals surface area (Å²) in [6.45, 7) is 8.07. The number of fused-ring (bicyclic) bond motifs is 1. The molecule has 6 rings (SSSR count). The quantitative estimate of drug-likeness (QED) is 0.441. The Labute approximate surface area is 212 Å². The highest BCUT2D eigenvalue weighted by atomic mass is 32.2. The molecule has 1 unspecified atom stereocenters. The molecule has 0 spiro atoms. The molecule has 3 heterocycles. The zero-order chi connectivity index (χ0) is 23.9. The minimum Gasteiger partial charge on any atom is -0.309 e. The van der Waals surface area contributed by atoms with Crippen LogP contribution >= 0.6 is 11.8 Å². The minimum atomic E-state index is 0.106. The second kappa shape index (κ2) is 9.03. The van der Waals surface area contributed by atoms with Gasteiger partial charge in [-0.1, -0.05) is 101 Å². The van der Waals surface area contributed by atoms with Crippen LogP contribution in [0.3, 0.4) is 0 Å². The Morgan fingerprint density at radius 1 is 0.829 bits per heavy atom. The second-order valence-corrected chi connectivity index (χ2v) is 10.5. The van der Waals surface area contributed by atoms with Gasteiger partial charge in [0.2, 0.25) is 0 Å². The Kier molecular flexibility index (Phi) is 5.71. The maximum Gasteiger partial charge on any atom is 0.174 e. The van der Waals surface area contributed by atoms with Gasteiger partial charge >= 0.3 is 0 Å². The van der Waals surface area contributed by atoms with Crippen molar-refractivity contribution in [1.82, 2.24) is 10.2 Å².